The highest BCUT2D eigenvalue weighted by Crippen LogP contribution is 2.36. The molecule has 0 aliphatic rings. The molecule has 1 unspecified atom stereocenters. The van der Waals surface area contributed by atoms with Gasteiger partial charge in [0.2, 0.25) is 0 Å². The first kappa shape index (κ1) is 12.3. The van der Waals surface area contributed by atoms with Gasteiger partial charge in [0.1, 0.15) is 0 Å². The predicted molar refractivity (Wildman–Crippen MR) is 63.9 cm³/mol. The smallest absolute Gasteiger partial charge is 0.0992 e. The molecule has 0 aliphatic carbocycles. The second kappa shape index (κ2) is 5.93. The Morgan fingerprint density at radius 2 is 2.29 bits per heavy atom. The highest BCUT2D eigenvalue weighted by Gasteiger charge is 2.15. The molecule has 3 N–H and O–H groups in total. The molecule has 1 aromatic rings. The first-order valence-electron chi connectivity index (χ1n) is 4.59. The third kappa shape index (κ3) is 3.11. The summed E-state index contributed by atoms with van der Waals surface area (Å²) >= 11 is 13.3. The molecule has 1 heterocycles. The maximum atomic E-state index is 6.04. The lowest BCUT2D eigenvalue weighted by Crippen LogP contribution is -2.27. The van der Waals surface area contributed by atoms with E-state index in [1.807, 2.05) is 6.07 Å². The largest absolute Gasteiger partial charge is 0.271 e. The zero-order valence-electron chi connectivity index (χ0n) is 8.02. The predicted octanol–water partition coefficient (Wildman–Crippen LogP) is 3.75. The summed E-state index contributed by atoms with van der Waals surface area (Å²) in [6.07, 6.45) is 3.26. The van der Waals surface area contributed by atoms with E-state index in [-0.39, 0.29) is 6.04 Å². The second-order valence-corrected chi connectivity index (χ2v) is 5.43. The first-order valence-corrected chi connectivity index (χ1v) is 6.17. The van der Waals surface area contributed by atoms with Crippen LogP contribution in [0.4, 0.5) is 0 Å². The molecule has 1 rings (SSSR count). The van der Waals surface area contributed by atoms with E-state index in [1.165, 1.54) is 11.3 Å². The summed E-state index contributed by atoms with van der Waals surface area (Å²) in [5.41, 5.74) is 3.78. The number of nitrogens with two attached hydrogens (primary N) is 1. The van der Waals surface area contributed by atoms with Crippen LogP contribution in [0.5, 0.6) is 0 Å². The van der Waals surface area contributed by atoms with E-state index in [0.29, 0.717) is 4.34 Å². The lowest BCUT2D eigenvalue weighted by molar-refractivity contribution is 0.496. The molecule has 1 atom stereocenters. The van der Waals surface area contributed by atoms with Crippen molar-refractivity contribution in [2.45, 2.75) is 32.2 Å². The Kier molecular flexibility index (Phi) is 5.20. The van der Waals surface area contributed by atoms with Gasteiger partial charge in [-0.15, -0.1) is 11.3 Å². The van der Waals surface area contributed by atoms with Crippen LogP contribution >= 0.6 is 34.5 Å². The summed E-state index contributed by atoms with van der Waals surface area (Å²) in [5.74, 6) is 5.48. The third-order valence-electron chi connectivity index (χ3n) is 2.11. The molecule has 0 aliphatic heterocycles. The number of hydrogen-bond donors (Lipinski definition) is 2. The normalized spacial score (nSPS) is 13.1. The topological polar surface area (TPSA) is 38.0 Å². The lowest BCUT2D eigenvalue weighted by Gasteiger charge is -2.14. The van der Waals surface area contributed by atoms with Gasteiger partial charge in [-0.3, -0.25) is 11.3 Å². The van der Waals surface area contributed by atoms with E-state index >= 15 is 0 Å². The third-order valence-corrected chi connectivity index (χ3v) is 3.62. The van der Waals surface area contributed by atoms with E-state index in [9.17, 15) is 0 Å². The summed E-state index contributed by atoms with van der Waals surface area (Å²) in [4.78, 5) is 0. The number of hydrogen-bond acceptors (Lipinski definition) is 3. The molecule has 2 nitrogen and oxygen atoms in total. The van der Waals surface area contributed by atoms with E-state index in [0.717, 1.165) is 29.2 Å². The van der Waals surface area contributed by atoms with E-state index < -0.39 is 0 Å². The van der Waals surface area contributed by atoms with Crippen molar-refractivity contribution in [2.75, 3.05) is 0 Å². The zero-order chi connectivity index (χ0) is 10.6. The lowest BCUT2D eigenvalue weighted by atomic mass is 10.1. The van der Waals surface area contributed by atoms with Gasteiger partial charge < -0.3 is 0 Å². The average molecular weight is 253 g/mol. The maximum Gasteiger partial charge on any atom is 0.0992 e. The van der Waals surface area contributed by atoms with Gasteiger partial charge in [0.15, 0.2) is 0 Å². The van der Waals surface area contributed by atoms with Gasteiger partial charge in [-0.1, -0.05) is 43.0 Å². The van der Waals surface area contributed by atoms with Crippen LogP contribution in [-0.4, -0.2) is 0 Å². The molecular weight excluding hydrogens is 239 g/mol. The molecule has 5 heteroatoms. The summed E-state index contributed by atoms with van der Waals surface area (Å²) in [5, 5.41) is 0. The van der Waals surface area contributed by atoms with Gasteiger partial charge in [-0.2, -0.15) is 0 Å². The van der Waals surface area contributed by atoms with Crippen molar-refractivity contribution >= 4 is 34.5 Å². The van der Waals surface area contributed by atoms with Gasteiger partial charge in [0.25, 0.3) is 0 Å². The molecule has 80 valence electrons. The van der Waals surface area contributed by atoms with Gasteiger partial charge in [-0.05, 0) is 12.5 Å². The van der Waals surface area contributed by atoms with Crippen LogP contribution in [0.3, 0.4) is 0 Å². The van der Waals surface area contributed by atoms with Gasteiger partial charge in [0, 0.05) is 11.6 Å². The molecule has 1 aromatic heterocycles. The molecule has 0 fully saturated rings. The van der Waals surface area contributed by atoms with Crippen LogP contribution in [0.15, 0.2) is 6.07 Å². The van der Waals surface area contributed by atoms with Crippen molar-refractivity contribution in [2.24, 2.45) is 5.84 Å². The molecule has 0 amide bonds. The Balaban J connectivity index is 2.72. The fourth-order valence-corrected chi connectivity index (χ4v) is 2.91. The minimum absolute atomic E-state index is 0.117. The highest BCUT2D eigenvalue weighted by atomic mass is 35.5. The SMILES string of the molecule is CCCCC(NN)c1cc(Cl)sc1Cl. The Morgan fingerprint density at radius 1 is 1.57 bits per heavy atom. The summed E-state index contributed by atoms with van der Waals surface area (Å²) in [7, 11) is 0. The quantitative estimate of drug-likeness (QED) is 0.619. The standard InChI is InChI=1S/C9H14Cl2N2S/c1-2-3-4-7(13-12)6-5-8(10)14-9(6)11/h5,7,13H,2-4,12H2,1H3. The monoisotopic (exact) mass is 252 g/mol. The summed E-state index contributed by atoms with van der Waals surface area (Å²) in [6, 6.07) is 2.00. The Labute approximate surface area is 98.4 Å². The Bertz CT molecular complexity index is 288. The maximum absolute atomic E-state index is 6.04. The van der Waals surface area contributed by atoms with Crippen molar-refractivity contribution in [1.82, 2.24) is 5.43 Å². The van der Waals surface area contributed by atoms with Crippen molar-refractivity contribution in [3.05, 3.63) is 20.3 Å². The molecule has 0 saturated carbocycles. The number of halogens is 2. The number of nitrogens with one attached hydrogen (secondary N) is 1. The van der Waals surface area contributed by atoms with Gasteiger partial charge >= 0.3 is 0 Å². The molecule has 0 radical (unpaired) electrons. The number of thiophene rings is 1. The number of rotatable bonds is 5. The van der Waals surface area contributed by atoms with Crippen molar-refractivity contribution in [3.8, 4) is 0 Å². The van der Waals surface area contributed by atoms with Crippen LogP contribution in [0.25, 0.3) is 0 Å². The molecule has 0 spiro atoms. The molecule has 0 aromatic carbocycles. The Morgan fingerprint density at radius 3 is 2.71 bits per heavy atom. The van der Waals surface area contributed by atoms with Gasteiger partial charge in [-0.25, -0.2) is 0 Å². The van der Waals surface area contributed by atoms with E-state index in [2.05, 4.69) is 12.3 Å². The van der Waals surface area contributed by atoms with Crippen molar-refractivity contribution in [3.63, 3.8) is 0 Å². The number of unbranched alkanes of at least 4 members (excludes halogenated alkanes) is 1. The van der Waals surface area contributed by atoms with Crippen molar-refractivity contribution < 1.29 is 0 Å². The Hall–Kier alpha value is 0.200. The molecule has 14 heavy (non-hydrogen) atoms. The first-order chi connectivity index (χ1) is 6.69. The van der Waals surface area contributed by atoms with E-state index in [1.54, 1.807) is 0 Å². The second-order valence-electron chi connectivity index (χ2n) is 3.14. The van der Waals surface area contributed by atoms with Crippen LogP contribution < -0.4 is 11.3 Å². The molecule has 0 saturated heterocycles. The highest BCUT2D eigenvalue weighted by molar-refractivity contribution is 7.20. The van der Waals surface area contributed by atoms with Crippen LogP contribution in [0, 0.1) is 0 Å². The van der Waals surface area contributed by atoms with Crippen LogP contribution in [0.1, 0.15) is 37.8 Å². The fourth-order valence-electron chi connectivity index (χ4n) is 1.33. The molecule has 0 bridgehead atoms. The average Bonchev–Trinajstić information content (AvgIpc) is 2.47. The summed E-state index contributed by atoms with van der Waals surface area (Å²) < 4.78 is 1.44. The van der Waals surface area contributed by atoms with Crippen LogP contribution in [0.2, 0.25) is 8.67 Å². The summed E-state index contributed by atoms with van der Waals surface area (Å²) in [6.45, 7) is 2.15. The van der Waals surface area contributed by atoms with Crippen molar-refractivity contribution in [1.29, 1.82) is 0 Å². The van der Waals surface area contributed by atoms with E-state index in [4.69, 9.17) is 29.0 Å². The minimum Gasteiger partial charge on any atom is -0.271 e. The molecular formula is C9H14Cl2N2S. The number of hydrazine groups is 1. The fraction of sp³-hybridized carbons (Fsp3) is 0.556. The van der Waals surface area contributed by atoms with Gasteiger partial charge in [0.05, 0.1) is 8.67 Å². The van der Waals surface area contributed by atoms with Crippen LogP contribution in [-0.2, 0) is 0 Å². The minimum atomic E-state index is 0.117. The zero-order valence-corrected chi connectivity index (χ0v) is 10.3.